The predicted molar refractivity (Wildman–Crippen MR) is 277 cm³/mol. The molecule has 1 N–H and O–H groups in total. The van der Waals surface area contributed by atoms with E-state index in [2.05, 4.69) is 239 Å². The molecule has 0 bridgehead atoms. The molecular weight excluding hydrogens is 771 g/mol. The first-order valence-electron chi connectivity index (χ1n) is 22.9. The Morgan fingerprint density at radius 3 is 1.66 bits per heavy atom. The summed E-state index contributed by atoms with van der Waals surface area (Å²) >= 11 is 0. The number of hydrogen-bond acceptors (Lipinski definition) is 2. The minimum atomic E-state index is 0.0665. The molecule has 64 heavy (non-hydrogen) atoms. The van der Waals surface area contributed by atoms with Crippen molar-refractivity contribution in [2.45, 2.75) is 58.3 Å². The first kappa shape index (κ1) is 39.7. The van der Waals surface area contributed by atoms with Crippen molar-refractivity contribution in [3.05, 3.63) is 211 Å². The van der Waals surface area contributed by atoms with Gasteiger partial charge in [-0.2, -0.15) is 0 Å². The van der Waals surface area contributed by atoms with Crippen molar-refractivity contribution >= 4 is 57.4 Å². The van der Waals surface area contributed by atoms with Crippen LogP contribution in [0.2, 0.25) is 0 Å². The number of nitrogens with zero attached hydrogens (tertiary/aromatic N) is 1. The highest BCUT2D eigenvalue weighted by Gasteiger charge is 2.40. The minimum Gasteiger partial charge on any atom is -0.355 e. The molecule has 11 rings (SSSR count). The lowest BCUT2D eigenvalue weighted by molar-refractivity contribution is 0.332. The number of anilines is 5. The molecule has 1 aliphatic carbocycles. The third-order valence-electron chi connectivity index (χ3n) is 14.3. The van der Waals surface area contributed by atoms with Crippen LogP contribution in [0, 0.1) is 6.92 Å². The fourth-order valence-electron chi connectivity index (χ4n) is 10.5. The van der Waals surface area contributed by atoms with Crippen molar-refractivity contribution in [1.29, 1.82) is 0 Å². The Hall–Kier alpha value is -7.10. The molecule has 3 heteroatoms. The van der Waals surface area contributed by atoms with Crippen molar-refractivity contribution in [3.8, 4) is 44.5 Å². The van der Waals surface area contributed by atoms with Gasteiger partial charge >= 0.3 is 0 Å². The molecule has 310 valence electrons. The van der Waals surface area contributed by atoms with E-state index in [4.69, 9.17) is 0 Å². The summed E-state index contributed by atoms with van der Waals surface area (Å²) < 4.78 is 0. The van der Waals surface area contributed by atoms with Crippen molar-refractivity contribution < 1.29 is 0 Å². The summed E-state index contributed by atoms with van der Waals surface area (Å²) in [5, 5.41) is 6.45. The molecule has 0 saturated heterocycles. The molecule has 0 unspecified atom stereocenters. The summed E-state index contributed by atoms with van der Waals surface area (Å²) in [6.45, 7) is 12.1. The zero-order valence-corrected chi connectivity index (χ0v) is 37.5. The van der Waals surface area contributed by atoms with E-state index in [-0.39, 0.29) is 10.8 Å². The third-order valence-corrected chi connectivity index (χ3v) is 14.3. The molecule has 0 atom stereocenters. The smallest absolute Gasteiger partial charge is 0.198 e. The lowest BCUT2D eigenvalue weighted by Gasteiger charge is -2.44. The van der Waals surface area contributed by atoms with E-state index in [1.807, 2.05) is 0 Å². The van der Waals surface area contributed by atoms with Crippen molar-refractivity contribution in [2.75, 3.05) is 10.2 Å². The van der Waals surface area contributed by atoms with E-state index in [1.165, 1.54) is 113 Å². The molecule has 0 saturated carbocycles. The zero-order chi connectivity index (χ0) is 43.6. The molecule has 1 heterocycles. The molecule has 0 aromatic heterocycles. The highest BCUT2D eigenvalue weighted by molar-refractivity contribution is 6.74. The molecule has 2 nitrogen and oxygen atoms in total. The lowest BCUT2D eigenvalue weighted by Crippen LogP contribution is -2.44. The van der Waals surface area contributed by atoms with Gasteiger partial charge in [0.2, 0.25) is 0 Å². The van der Waals surface area contributed by atoms with E-state index >= 15 is 0 Å². The summed E-state index contributed by atoms with van der Waals surface area (Å²) in [4.78, 5) is 2.65. The summed E-state index contributed by atoms with van der Waals surface area (Å²) in [5.74, 6) is 0. The molecule has 0 fully saturated rings. The average molecular weight is 825 g/mol. The van der Waals surface area contributed by atoms with E-state index in [9.17, 15) is 0 Å². The molecule has 9 aromatic carbocycles. The number of benzene rings is 9. The number of fused-ring (bicyclic) bond motifs is 5. The quantitative estimate of drug-likeness (QED) is 0.161. The van der Waals surface area contributed by atoms with Gasteiger partial charge in [-0.3, -0.25) is 0 Å². The molecule has 0 amide bonds. The van der Waals surface area contributed by atoms with Crippen LogP contribution in [0.3, 0.4) is 0 Å². The Bertz CT molecular complexity index is 3200. The van der Waals surface area contributed by atoms with E-state index in [1.54, 1.807) is 0 Å². The van der Waals surface area contributed by atoms with Crippen LogP contribution in [0.15, 0.2) is 194 Å². The van der Waals surface area contributed by atoms with Crippen molar-refractivity contribution in [3.63, 3.8) is 0 Å². The maximum absolute atomic E-state index is 3.96. The Morgan fingerprint density at radius 1 is 0.469 bits per heavy atom. The second-order valence-corrected chi connectivity index (χ2v) is 19.3. The second-order valence-electron chi connectivity index (χ2n) is 19.3. The third kappa shape index (κ3) is 7.01. The van der Waals surface area contributed by atoms with E-state index in [0.29, 0.717) is 0 Å². The lowest BCUT2D eigenvalue weighted by atomic mass is 9.55. The number of nitrogens with one attached hydrogen (secondary N) is 1. The van der Waals surface area contributed by atoms with Gasteiger partial charge in [0, 0.05) is 39.4 Å². The average Bonchev–Trinajstić information content (AvgIpc) is 3.33. The molecular formula is C61H53BN2. The monoisotopic (exact) mass is 824 g/mol. The van der Waals surface area contributed by atoms with Gasteiger partial charge in [0.1, 0.15) is 0 Å². The minimum absolute atomic E-state index is 0.0665. The van der Waals surface area contributed by atoms with Crippen molar-refractivity contribution in [1.82, 2.24) is 0 Å². The number of rotatable bonds is 7. The van der Waals surface area contributed by atoms with Crippen molar-refractivity contribution in [2.24, 2.45) is 0 Å². The Morgan fingerprint density at radius 2 is 1.00 bits per heavy atom. The number of aryl methyl sites for hydroxylation is 1. The largest absolute Gasteiger partial charge is 0.355 e. The second kappa shape index (κ2) is 15.6. The first-order valence-corrected chi connectivity index (χ1v) is 22.9. The number of hydrogen-bond donors (Lipinski definition) is 1. The van der Waals surface area contributed by atoms with Crippen LogP contribution < -0.4 is 21.1 Å². The molecule has 0 radical (unpaired) electrons. The van der Waals surface area contributed by atoms with Crippen LogP contribution in [0.25, 0.3) is 55.3 Å². The maximum atomic E-state index is 3.96. The van der Waals surface area contributed by atoms with Gasteiger partial charge in [-0.05, 0) is 133 Å². The first-order chi connectivity index (χ1) is 31.1. The fraction of sp³-hybridized carbons (Fsp3) is 0.148. The van der Waals surface area contributed by atoms with Gasteiger partial charge in [0.15, 0.2) is 7.28 Å². The van der Waals surface area contributed by atoms with Gasteiger partial charge in [-0.1, -0.05) is 191 Å². The van der Waals surface area contributed by atoms with Crippen LogP contribution in [-0.4, -0.2) is 7.28 Å². The predicted octanol–water partition coefficient (Wildman–Crippen LogP) is 15.1. The van der Waals surface area contributed by atoms with Gasteiger partial charge in [-0.15, -0.1) is 0 Å². The summed E-state index contributed by atoms with van der Waals surface area (Å²) in [6, 6.07) is 71.8. The van der Waals surface area contributed by atoms with Crippen LogP contribution >= 0.6 is 0 Å². The fourth-order valence-corrected chi connectivity index (χ4v) is 10.5. The molecule has 9 aromatic rings. The van der Waals surface area contributed by atoms with E-state index in [0.717, 1.165) is 18.7 Å². The Kier molecular flexibility index (Phi) is 9.69. The van der Waals surface area contributed by atoms with Crippen LogP contribution in [-0.2, 0) is 10.8 Å². The molecule has 0 spiro atoms. The Labute approximate surface area is 379 Å². The van der Waals surface area contributed by atoms with Gasteiger partial charge in [0.05, 0.1) is 0 Å². The molecule has 1 aliphatic heterocycles. The summed E-state index contributed by atoms with van der Waals surface area (Å²) in [5.41, 5.74) is 22.7. The standard InChI is InChI=1S/C61H53BN2/c1-40-25-26-46(43-21-13-8-14-22-43)37-56(40)64-57-39-53-52(60(2,3)33-34-61(53,4)5)38-54(57)62-58-51(35-47-23-15-16-24-49(47)59(58)64)50-32-29-45(42-19-11-7-12-20-42)36-55(50)63-48-30-27-44(28-31-48)41-17-9-6-10-18-41/h6-32,35-39,62-63H,33-34H2,1-5H3. The van der Waals surface area contributed by atoms with Crippen LogP contribution in [0.5, 0.6) is 0 Å². The zero-order valence-electron chi connectivity index (χ0n) is 37.5. The maximum Gasteiger partial charge on any atom is 0.198 e. The van der Waals surface area contributed by atoms with Gasteiger partial charge in [-0.25, -0.2) is 0 Å². The topological polar surface area (TPSA) is 15.3 Å². The van der Waals surface area contributed by atoms with Gasteiger partial charge in [0.25, 0.3) is 0 Å². The highest BCUT2D eigenvalue weighted by Crippen LogP contribution is 2.50. The Balaban J connectivity index is 1.17. The SMILES string of the molecule is Cc1ccc(-c2ccccc2)cc1N1c2cc3c(cc2Bc2c(-c4ccc(-c5ccccc5)cc4Nc4ccc(-c5ccccc5)cc4)cc4ccccc4c21)C(C)(C)CCC3(C)C. The molecule has 2 aliphatic rings. The van der Waals surface area contributed by atoms with Gasteiger partial charge < -0.3 is 10.2 Å². The van der Waals surface area contributed by atoms with Crippen LogP contribution in [0.4, 0.5) is 28.4 Å². The highest BCUT2D eigenvalue weighted by atomic mass is 15.2. The van der Waals surface area contributed by atoms with Crippen LogP contribution in [0.1, 0.15) is 57.2 Å². The normalized spacial score (nSPS) is 14.5. The summed E-state index contributed by atoms with van der Waals surface area (Å²) in [7, 11) is 0.828. The summed E-state index contributed by atoms with van der Waals surface area (Å²) in [6.07, 6.45) is 2.34. The van der Waals surface area contributed by atoms with E-state index < -0.39 is 0 Å².